The van der Waals surface area contributed by atoms with Crippen LogP contribution in [0.2, 0.25) is 0 Å². The van der Waals surface area contributed by atoms with Gasteiger partial charge in [0, 0.05) is 24.2 Å². The number of aryl methyl sites for hydroxylation is 1. The van der Waals surface area contributed by atoms with Crippen molar-refractivity contribution in [2.24, 2.45) is 0 Å². The van der Waals surface area contributed by atoms with Gasteiger partial charge in [0.1, 0.15) is 17.3 Å². The lowest BCUT2D eigenvalue weighted by Gasteiger charge is -2.31. The number of methoxy groups -OCH3 is 2. The molecule has 3 aromatic carbocycles. The molecule has 1 amide bonds. The number of hydrogen-bond acceptors (Lipinski definition) is 5. The Morgan fingerprint density at radius 1 is 1.02 bits per heavy atom. The molecule has 0 aliphatic heterocycles. The van der Waals surface area contributed by atoms with Gasteiger partial charge < -0.3 is 14.4 Å². The summed E-state index contributed by atoms with van der Waals surface area (Å²) in [4.78, 5) is 35.0. The van der Waals surface area contributed by atoms with E-state index in [2.05, 4.69) is 22.9 Å². The number of benzene rings is 3. The third kappa shape index (κ3) is 5.92. The molecule has 0 radical (unpaired) electrons. The zero-order chi connectivity index (χ0) is 28.8. The van der Waals surface area contributed by atoms with Crippen molar-refractivity contribution in [3.05, 3.63) is 92.4 Å². The van der Waals surface area contributed by atoms with Crippen LogP contribution in [-0.2, 0) is 0 Å². The maximum Gasteiger partial charge on any atom is 0.266 e. The van der Waals surface area contributed by atoms with Crippen LogP contribution in [0.4, 0.5) is 0 Å². The summed E-state index contributed by atoms with van der Waals surface area (Å²) >= 11 is 3.65. The number of para-hydroxylation sites is 1. The number of fused-ring (bicyclic) bond motifs is 1. The average molecular weight is 607 g/mol. The molecule has 0 bridgehead atoms. The molecule has 8 heteroatoms. The highest BCUT2D eigenvalue weighted by Gasteiger charge is 2.29. The number of amides is 1. The zero-order valence-electron chi connectivity index (χ0n) is 23.7. The summed E-state index contributed by atoms with van der Waals surface area (Å²) in [5.41, 5.74) is 2.41. The fourth-order valence-electron chi connectivity index (χ4n) is 4.94. The van der Waals surface area contributed by atoms with Crippen molar-refractivity contribution in [2.75, 3.05) is 20.8 Å². The molecule has 40 heavy (non-hydrogen) atoms. The molecule has 0 saturated heterocycles. The van der Waals surface area contributed by atoms with Gasteiger partial charge in [-0.2, -0.15) is 0 Å². The van der Waals surface area contributed by atoms with Crippen LogP contribution in [0.5, 0.6) is 11.5 Å². The first-order valence-electron chi connectivity index (χ1n) is 13.6. The summed E-state index contributed by atoms with van der Waals surface area (Å²) in [5.74, 6) is 1.41. The van der Waals surface area contributed by atoms with Gasteiger partial charge in [-0.25, -0.2) is 4.98 Å². The largest absolute Gasteiger partial charge is 0.497 e. The van der Waals surface area contributed by atoms with Gasteiger partial charge in [0.2, 0.25) is 0 Å². The van der Waals surface area contributed by atoms with Crippen LogP contribution in [0.15, 0.2) is 69.9 Å². The van der Waals surface area contributed by atoms with Crippen LogP contribution in [0.3, 0.4) is 0 Å². The molecule has 1 unspecified atom stereocenters. The van der Waals surface area contributed by atoms with E-state index in [0.29, 0.717) is 50.5 Å². The molecule has 0 fully saturated rings. The Morgan fingerprint density at radius 2 is 1.75 bits per heavy atom. The number of ether oxygens (including phenoxy) is 2. The smallest absolute Gasteiger partial charge is 0.266 e. The number of hydrogen-bond donors (Lipinski definition) is 0. The van der Waals surface area contributed by atoms with Gasteiger partial charge in [-0.3, -0.25) is 14.2 Å². The average Bonchev–Trinajstić information content (AvgIpc) is 2.97. The fraction of sp³-hybridized carbons (Fsp3) is 0.344. The Bertz CT molecular complexity index is 1570. The molecule has 0 aliphatic carbocycles. The molecule has 7 nitrogen and oxygen atoms in total. The van der Waals surface area contributed by atoms with Crippen molar-refractivity contribution in [1.29, 1.82) is 0 Å². The molecule has 1 atom stereocenters. The number of rotatable bonds is 11. The molecule has 4 rings (SSSR count). The lowest BCUT2D eigenvalue weighted by atomic mass is 10.1. The van der Waals surface area contributed by atoms with Gasteiger partial charge in [0.25, 0.3) is 11.5 Å². The minimum Gasteiger partial charge on any atom is -0.497 e. The Morgan fingerprint density at radius 3 is 2.45 bits per heavy atom. The van der Waals surface area contributed by atoms with Crippen molar-refractivity contribution in [3.63, 3.8) is 0 Å². The summed E-state index contributed by atoms with van der Waals surface area (Å²) in [6.45, 7) is 6.59. The minimum absolute atomic E-state index is 0.0849. The third-order valence-corrected chi connectivity index (χ3v) is 8.02. The minimum atomic E-state index is -0.518. The molecule has 0 spiro atoms. The molecular formula is C32H36BrN3O4. The van der Waals surface area contributed by atoms with Gasteiger partial charge >= 0.3 is 0 Å². The Hall–Kier alpha value is -3.65. The summed E-state index contributed by atoms with van der Waals surface area (Å²) < 4.78 is 13.3. The van der Waals surface area contributed by atoms with Crippen LogP contribution in [0, 0.1) is 6.92 Å². The van der Waals surface area contributed by atoms with Crippen LogP contribution in [0.25, 0.3) is 16.6 Å². The number of unbranched alkanes of at least 4 members (excludes halogenated alkanes) is 3. The van der Waals surface area contributed by atoms with Crippen LogP contribution in [-0.4, -0.2) is 41.1 Å². The number of aromatic nitrogens is 2. The van der Waals surface area contributed by atoms with Crippen molar-refractivity contribution in [2.45, 2.75) is 52.5 Å². The molecular weight excluding hydrogens is 570 g/mol. The lowest BCUT2D eigenvalue weighted by molar-refractivity contribution is 0.0676. The summed E-state index contributed by atoms with van der Waals surface area (Å²) in [5, 5.41) is 0.479. The van der Waals surface area contributed by atoms with E-state index in [1.807, 2.05) is 61.2 Å². The maximum absolute atomic E-state index is 14.1. The van der Waals surface area contributed by atoms with Gasteiger partial charge in [-0.05, 0) is 60.0 Å². The predicted octanol–water partition coefficient (Wildman–Crippen LogP) is 7.26. The quantitative estimate of drug-likeness (QED) is 0.168. The first-order valence-corrected chi connectivity index (χ1v) is 14.4. The SMILES string of the molecule is CCCCCCN(C(=O)c1ccccc1C)C(C)c1nc2ccccc2c(=O)n1-c1cc(OC)cc(OC)c1Br. The fourth-order valence-corrected chi connectivity index (χ4v) is 5.51. The molecule has 0 N–H and O–H groups in total. The van der Waals surface area contributed by atoms with Crippen molar-refractivity contribution in [1.82, 2.24) is 14.5 Å². The second kappa shape index (κ2) is 13.1. The van der Waals surface area contributed by atoms with E-state index in [-0.39, 0.29) is 11.5 Å². The highest BCUT2D eigenvalue weighted by atomic mass is 79.9. The molecule has 4 aromatic rings. The second-order valence-electron chi connectivity index (χ2n) is 9.84. The summed E-state index contributed by atoms with van der Waals surface area (Å²) in [6.07, 6.45) is 4.05. The van der Waals surface area contributed by atoms with E-state index in [4.69, 9.17) is 14.5 Å². The maximum atomic E-state index is 14.1. The normalized spacial score (nSPS) is 11.8. The van der Waals surface area contributed by atoms with E-state index in [9.17, 15) is 9.59 Å². The number of nitrogens with zero attached hydrogens (tertiary/aromatic N) is 3. The van der Waals surface area contributed by atoms with Gasteiger partial charge in [-0.1, -0.05) is 56.5 Å². The highest BCUT2D eigenvalue weighted by molar-refractivity contribution is 9.10. The zero-order valence-corrected chi connectivity index (χ0v) is 25.3. The summed E-state index contributed by atoms with van der Waals surface area (Å²) in [7, 11) is 3.13. The van der Waals surface area contributed by atoms with Crippen molar-refractivity contribution in [3.8, 4) is 17.2 Å². The van der Waals surface area contributed by atoms with E-state index >= 15 is 0 Å². The number of carbonyl (C=O) groups excluding carboxylic acids is 1. The highest BCUT2D eigenvalue weighted by Crippen LogP contribution is 2.37. The first kappa shape index (κ1) is 29.3. The number of halogens is 1. The van der Waals surface area contributed by atoms with Crippen LogP contribution < -0.4 is 15.0 Å². The molecule has 0 saturated carbocycles. The van der Waals surface area contributed by atoms with Gasteiger partial charge in [-0.15, -0.1) is 0 Å². The molecule has 1 aromatic heterocycles. The monoisotopic (exact) mass is 605 g/mol. The van der Waals surface area contributed by atoms with Gasteiger partial charge in [0.15, 0.2) is 0 Å². The predicted molar refractivity (Wildman–Crippen MR) is 163 cm³/mol. The molecule has 0 aliphatic rings. The Kier molecular flexibility index (Phi) is 9.63. The lowest BCUT2D eigenvalue weighted by Crippen LogP contribution is -2.38. The van der Waals surface area contributed by atoms with E-state index in [1.165, 1.54) is 0 Å². The summed E-state index contributed by atoms with van der Waals surface area (Å²) in [6, 6.07) is 17.9. The third-order valence-electron chi connectivity index (χ3n) is 7.22. The first-order chi connectivity index (χ1) is 19.3. The Labute approximate surface area is 243 Å². The molecule has 1 heterocycles. The molecule has 210 valence electrons. The second-order valence-corrected chi connectivity index (χ2v) is 10.6. The van der Waals surface area contributed by atoms with Gasteiger partial charge in [0.05, 0.1) is 41.3 Å². The Balaban J connectivity index is 1.95. The topological polar surface area (TPSA) is 73.7 Å². The van der Waals surface area contributed by atoms with E-state index in [1.54, 1.807) is 37.0 Å². The van der Waals surface area contributed by atoms with Crippen LogP contribution >= 0.6 is 15.9 Å². The van der Waals surface area contributed by atoms with Crippen molar-refractivity contribution >= 4 is 32.7 Å². The number of carbonyl (C=O) groups is 1. The standard InChI is InChI=1S/C32H36BrN3O4/c1-6-7-8-13-18-35(31(37)24-15-10-9-14-21(24)2)22(3)30-34-26-17-12-11-16-25(26)32(38)36(30)27-19-23(39-4)20-28(40-5)29(27)33/h9-12,14-17,19-20,22H,6-8,13,18H2,1-5H3. The van der Waals surface area contributed by atoms with E-state index < -0.39 is 6.04 Å². The van der Waals surface area contributed by atoms with E-state index in [0.717, 1.165) is 31.2 Å². The van der Waals surface area contributed by atoms with Crippen molar-refractivity contribution < 1.29 is 14.3 Å². The van der Waals surface area contributed by atoms with Crippen LogP contribution in [0.1, 0.15) is 67.3 Å².